The van der Waals surface area contributed by atoms with Crippen LogP contribution in [0.1, 0.15) is 22.3 Å². The summed E-state index contributed by atoms with van der Waals surface area (Å²) in [6, 6.07) is 13.8. The van der Waals surface area contributed by atoms with Gasteiger partial charge in [-0.3, -0.25) is 9.59 Å². The molecule has 0 saturated carbocycles. The summed E-state index contributed by atoms with van der Waals surface area (Å²) in [5.74, 6) is 0.238. The van der Waals surface area contributed by atoms with E-state index in [-0.39, 0.29) is 18.4 Å². The van der Waals surface area contributed by atoms with Gasteiger partial charge in [0.1, 0.15) is 12.4 Å². The van der Waals surface area contributed by atoms with E-state index in [4.69, 9.17) is 4.74 Å². The number of fused-ring (bicyclic) bond motifs is 2. The molecule has 0 saturated heterocycles. The van der Waals surface area contributed by atoms with Gasteiger partial charge in [0, 0.05) is 22.4 Å². The minimum absolute atomic E-state index is 0.130. The van der Waals surface area contributed by atoms with Gasteiger partial charge < -0.3 is 20.1 Å². The minimum atomic E-state index is -0.274. The molecule has 0 bridgehead atoms. The number of nitrogens with one attached hydrogen (secondary N) is 2. The second-order valence-electron chi connectivity index (χ2n) is 6.49. The molecule has 0 fully saturated rings. The SMILES string of the molecule is COC(=O)CNCCc1ccc2c(c1)CO/C2=C1/C(=O)Nc2ccccc21. The number of anilines is 1. The van der Waals surface area contributed by atoms with Gasteiger partial charge in [0.15, 0.2) is 0 Å². The second-order valence-corrected chi connectivity index (χ2v) is 6.49. The summed E-state index contributed by atoms with van der Waals surface area (Å²) >= 11 is 0. The maximum absolute atomic E-state index is 12.5. The zero-order chi connectivity index (χ0) is 18.8. The molecule has 6 nitrogen and oxygen atoms in total. The number of benzene rings is 2. The van der Waals surface area contributed by atoms with Crippen LogP contribution in [-0.2, 0) is 32.1 Å². The molecule has 1 amide bonds. The largest absolute Gasteiger partial charge is 0.487 e. The first-order chi connectivity index (χ1) is 13.2. The van der Waals surface area contributed by atoms with Crippen LogP contribution in [0.15, 0.2) is 42.5 Å². The number of amides is 1. The molecular formula is C21H20N2O4. The number of methoxy groups -OCH3 is 1. The highest BCUT2D eigenvalue weighted by atomic mass is 16.5. The molecule has 0 unspecified atom stereocenters. The van der Waals surface area contributed by atoms with Crippen molar-refractivity contribution in [2.45, 2.75) is 13.0 Å². The second kappa shape index (κ2) is 7.25. The molecule has 27 heavy (non-hydrogen) atoms. The van der Waals surface area contributed by atoms with E-state index in [0.29, 0.717) is 24.5 Å². The number of para-hydroxylation sites is 1. The van der Waals surface area contributed by atoms with Crippen LogP contribution in [0.3, 0.4) is 0 Å². The molecule has 2 aliphatic rings. The van der Waals surface area contributed by atoms with Crippen LogP contribution in [0, 0.1) is 0 Å². The van der Waals surface area contributed by atoms with Crippen molar-refractivity contribution in [1.82, 2.24) is 5.32 Å². The predicted molar refractivity (Wildman–Crippen MR) is 102 cm³/mol. The summed E-state index contributed by atoms with van der Waals surface area (Å²) < 4.78 is 10.5. The molecule has 2 aliphatic heterocycles. The number of hydrogen-bond donors (Lipinski definition) is 2. The monoisotopic (exact) mass is 364 g/mol. The van der Waals surface area contributed by atoms with E-state index in [0.717, 1.165) is 34.4 Å². The molecule has 6 heteroatoms. The fraction of sp³-hybridized carbons (Fsp3) is 0.238. The third-order valence-corrected chi connectivity index (χ3v) is 4.77. The molecule has 0 atom stereocenters. The van der Waals surface area contributed by atoms with Gasteiger partial charge >= 0.3 is 5.97 Å². The minimum Gasteiger partial charge on any atom is -0.487 e. The van der Waals surface area contributed by atoms with E-state index < -0.39 is 0 Å². The van der Waals surface area contributed by atoms with E-state index >= 15 is 0 Å². The number of carbonyl (C=O) groups excluding carboxylic acids is 2. The van der Waals surface area contributed by atoms with Crippen molar-refractivity contribution >= 4 is 28.9 Å². The maximum Gasteiger partial charge on any atom is 0.319 e. The molecule has 0 aliphatic carbocycles. The molecule has 0 radical (unpaired) electrons. The molecular weight excluding hydrogens is 344 g/mol. The Bertz CT molecular complexity index is 949. The maximum atomic E-state index is 12.5. The first-order valence-corrected chi connectivity index (χ1v) is 8.85. The van der Waals surface area contributed by atoms with Crippen molar-refractivity contribution in [2.75, 3.05) is 25.5 Å². The van der Waals surface area contributed by atoms with Crippen LogP contribution in [0.25, 0.3) is 11.3 Å². The Morgan fingerprint density at radius 2 is 2.07 bits per heavy atom. The average Bonchev–Trinajstić information content (AvgIpc) is 3.24. The van der Waals surface area contributed by atoms with Crippen LogP contribution < -0.4 is 10.6 Å². The highest BCUT2D eigenvalue weighted by molar-refractivity contribution is 6.36. The molecule has 2 aromatic rings. The fourth-order valence-corrected chi connectivity index (χ4v) is 3.42. The van der Waals surface area contributed by atoms with Gasteiger partial charge in [0.25, 0.3) is 5.91 Å². The Hall–Kier alpha value is -3.12. The lowest BCUT2D eigenvalue weighted by molar-refractivity contribution is -0.139. The van der Waals surface area contributed by atoms with E-state index in [1.54, 1.807) is 0 Å². The highest BCUT2D eigenvalue weighted by Gasteiger charge is 2.32. The van der Waals surface area contributed by atoms with Crippen LogP contribution in [0.4, 0.5) is 5.69 Å². The Morgan fingerprint density at radius 3 is 2.93 bits per heavy atom. The lowest BCUT2D eigenvalue weighted by atomic mass is 9.98. The summed E-state index contributed by atoms with van der Waals surface area (Å²) in [6.07, 6.45) is 0.791. The normalized spacial score (nSPS) is 17.1. The molecule has 2 aromatic carbocycles. The number of esters is 1. The quantitative estimate of drug-likeness (QED) is 0.484. The zero-order valence-corrected chi connectivity index (χ0v) is 15.0. The van der Waals surface area contributed by atoms with Crippen molar-refractivity contribution in [3.8, 4) is 0 Å². The summed E-state index contributed by atoms with van der Waals surface area (Å²) in [5, 5.41) is 5.95. The fourth-order valence-electron chi connectivity index (χ4n) is 3.42. The van der Waals surface area contributed by atoms with Crippen LogP contribution >= 0.6 is 0 Å². The molecule has 0 spiro atoms. The van der Waals surface area contributed by atoms with Crippen molar-refractivity contribution in [3.63, 3.8) is 0 Å². The first-order valence-electron chi connectivity index (χ1n) is 8.85. The van der Waals surface area contributed by atoms with E-state index in [9.17, 15) is 9.59 Å². The zero-order valence-electron chi connectivity index (χ0n) is 15.0. The number of rotatable bonds is 5. The van der Waals surface area contributed by atoms with Gasteiger partial charge in [-0.2, -0.15) is 0 Å². The summed E-state index contributed by atoms with van der Waals surface area (Å²) in [5.41, 5.74) is 5.47. The van der Waals surface area contributed by atoms with Crippen LogP contribution in [0.2, 0.25) is 0 Å². The van der Waals surface area contributed by atoms with Gasteiger partial charge in [-0.15, -0.1) is 0 Å². The molecule has 2 heterocycles. The average molecular weight is 364 g/mol. The van der Waals surface area contributed by atoms with Gasteiger partial charge in [-0.05, 0) is 24.6 Å². The Labute approximate surface area is 157 Å². The van der Waals surface area contributed by atoms with Crippen molar-refractivity contribution in [3.05, 3.63) is 64.7 Å². The first kappa shape index (κ1) is 17.3. The Kier molecular flexibility index (Phi) is 4.64. The highest BCUT2D eigenvalue weighted by Crippen LogP contribution is 2.41. The number of hydrogen-bond acceptors (Lipinski definition) is 5. The molecule has 138 valence electrons. The van der Waals surface area contributed by atoms with Gasteiger partial charge in [-0.25, -0.2) is 0 Å². The van der Waals surface area contributed by atoms with Gasteiger partial charge in [0.2, 0.25) is 0 Å². The van der Waals surface area contributed by atoms with Crippen molar-refractivity contribution in [1.29, 1.82) is 0 Å². The summed E-state index contributed by atoms with van der Waals surface area (Å²) in [4.78, 5) is 23.6. The van der Waals surface area contributed by atoms with Crippen molar-refractivity contribution < 1.29 is 19.1 Å². The molecule has 0 aromatic heterocycles. The van der Waals surface area contributed by atoms with Gasteiger partial charge in [0.05, 0.1) is 19.2 Å². The van der Waals surface area contributed by atoms with Crippen LogP contribution in [0.5, 0.6) is 0 Å². The third-order valence-electron chi connectivity index (χ3n) is 4.77. The summed E-state index contributed by atoms with van der Waals surface area (Å²) in [7, 11) is 1.37. The lowest BCUT2D eigenvalue weighted by Gasteiger charge is -2.07. The lowest BCUT2D eigenvalue weighted by Crippen LogP contribution is -2.25. The van der Waals surface area contributed by atoms with Crippen LogP contribution in [-0.4, -0.2) is 32.1 Å². The third kappa shape index (κ3) is 3.31. The topological polar surface area (TPSA) is 76.7 Å². The number of carbonyl (C=O) groups is 2. The smallest absolute Gasteiger partial charge is 0.319 e. The standard InChI is InChI=1S/C21H20N2O4/c1-26-18(24)11-22-9-8-13-6-7-15-14(10-13)12-27-20(15)19-16-4-2-3-5-17(16)23-21(19)25/h2-7,10,22H,8-9,11-12H2,1H3,(H,23,25)/b20-19+. The van der Waals surface area contributed by atoms with E-state index in [1.807, 2.05) is 36.4 Å². The molecule has 2 N–H and O–H groups in total. The van der Waals surface area contributed by atoms with Crippen molar-refractivity contribution in [2.24, 2.45) is 0 Å². The molecule has 4 rings (SSSR count). The summed E-state index contributed by atoms with van der Waals surface area (Å²) in [6.45, 7) is 1.33. The van der Waals surface area contributed by atoms with E-state index in [1.165, 1.54) is 7.11 Å². The van der Waals surface area contributed by atoms with E-state index in [2.05, 4.69) is 21.4 Å². The number of ether oxygens (including phenoxy) is 2. The Morgan fingerprint density at radius 1 is 1.22 bits per heavy atom. The Balaban J connectivity index is 1.54. The predicted octanol–water partition coefficient (Wildman–Crippen LogP) is 2.34. The van der Waals surface area contributed by atoms with Gasteiger partial charge in [-0.1, -0.05) is 36.4 Å².